The Morgan fingerprint density at radius 2 is 1.75 bits per heavy atom. The van der Waals surface area contributed by atoms with E-state index < -0.39 is 17.3 Å². The standard InChI is InChI=1S/C14H16N2O4/c1-9(17)15-10-4-2-5-11(8-10)16-12(18)14(13(19)20)6-3-7-14/h2,4-5,8H,3,6-7H2,1H3,(H,15,17)(H,16,18)(H,19,20). The number of carbonyl (C=O) groups excluding carboxylic acids is 2. The van der Waals surface area contributed by atoms with Crippen molar-refractivity contribution in [3.63, 3.8) is 0 Å². The summed E-state index contributed by atoms with van der Waals surface area (Å²) in [4.78, 5) is 34.3. The Kier molecular flexibility index (Phi) is 3.74. The fraction of sp³-hybridized carbons (Fsp3) is 0.357. The molecular formula is C14H16N2O4. The summed E-state index contributed by atoms with van der Waals surface area (Å²) in [6.45, 7) is 1.39. The second kappa shape index (κ2) is 5.32. The number of amides is 2. The average Bonchev–Trinajstić information content (AvgIpc) is 2.25. The predicted molar refractivity (Wildman–Crippen MR) is 73.3 cm³/mol. The van der Waals surface area contributed by atoms with E-state index in [0.717, 1.165) is 6.42 Å². The Hall–Kier alpha value is -2.37. The van der Waals surface area contributed by atoms with E-state index in [9.17, 15) is 19.5 Å². The number of nitrogens with one attached hydrogen (secondary N) is 2. The van der Waals surface area contributed by atoms with Crippen molar-refractivity contribution in [2.75, 3.05) is 10.6 Å². The van der Waals surface area contributed by atoms with E-state index in [1.165, 1.54) is 6.92 Å². The zero-order valence-electron chi connectivity index (χ0n) is 11.1. The quantitative estimate of drug-likeness (QED) is 0.731. The van der Waals surface area contributed by atoms with Crippen molar-refractivity contribution in [3.8, 4) is 0 Å². The summed E-state index contributed by atoms with van der Waals surface area (Å²) >= 11 is 0. The van der Waals surface area contributed by atoms with Crippen LogP contribution in [0, 0.1) is 5.41 Å². The van der Waals surface area contributed by atoms with Crippen LogP contribution in [0.5, 0.6) is 0 Å². The smallest absolute Gasteiger partial charge is 0.319 e. The molecule has 0 saturated heterocycles. The lowest BCUT2D eigenvalue weighted by Gasteiger charge is -2.35. The number of rotatable bonds is 4. The van der Waals surface area contributed by atoms with Gasteiger partial charge in [-0.15, -0.1) is 0 Å². The number of aliphatic carboxylic acids is 1. The Morgan fingerprint density at radius 1 is 1.15 bits per heavy atom. The summed E-state index contributed by atoms with van der Waals surface area (Å²) in [5.41, 5.74) is -0.286. The molecule has 1 aromatic rings. The lowest BCUT2D eigenvalue weighted by Crippen LogP contribution is -2.48. The Labute approximate surface area is 116 Å². The fourth-order valence-corrected chi connectivity index (χ4v) is 2.20. The van der Waals surface area contributed by atoms with Crippen molar-refractivity contribution >= 4 is 29.2 Å². The second-order valence-electron chi connectivity index (χ2n) is 4.96. The van der Waals surface area contributed by atoms with Gasteiger partial charge in [-0.05, 0) is 31.0 Å². The van der Waals surface area contributed by atoms with Gasteiger partial charge in [0.25, 0.3) is 0 Å². The van der Waals surface area contributed by atoms with Crippen LogP contribution in [0.2, 0.25) is 0 Å². The minimum Gasteiger partial charge on any atom is -0.480 e. The van der Waals surface area contributed by atoms with Crippen LogP contribution in [0.3, 0.4) is 0 Å². The minimum absolute atomic E-state index is 0.213. The monoisotopic (exact) mass is 276 g/mol. The van der Waals surface area contributed by atoms with Gasteiger partial charge in [0.1, 0.15) is 5.41 Å². The highest BCUT2D eigenvalue weighted by Crippen LogP contribution is 2.42. The van der Waals surface area contributed by atoms with Crippen LogP contribution in [0.25, 0.3) is 0 Å². The first kappa shape index (κ1) is 14.0. The largest absolute Gasteiger partial charge is 0.480 e. The van der Waals surface area contributed by atoms with Gasteiger partial charge >= 0.3 is 5.97 Å². The molecule has 0 heterocycles. The van der Waals surface area contributed by atoms with Crippen LogP contribution in [0.15, 0.2) is 24.3 Å². The van der Waals surface area contributed by atoms with Crippen molar-refractivity contribution in [1.82, 2.24) is 0 Å². The van der Waals surface area contributed by atoms with Crippen LogP contribution in [-0.4, -0.2) is 22.9 Å². The summed E-state index contributed by atoms with van der Waals surface area (Å²) in [7, 11) is 0. The number of carboxylic acids is 1. The maximum Gasteiger partial charge on any atom is 0.319 e. The Morgan fingerprint density at radius 3 is 2.20 bits per heavy atom. The third-order valence-electron chi connectivity index (χ3n) is 3.49. The Balaban J connectivity index is 2.12. The highest BCUT2D eigenvalue weighted by atomic mass is 16.4. The normalized spacial score (nSPS) is 15.8. The average molecular weight is 276 g/mol. The molecule has 1 fully saturated rings. The highest BCUT2D eigenvalue weighted by molar-refractivity contribution is 6.09. The maximum absolute atomic E-state index is 12.1. The lowest BCUT2D eigenvalue weighted by atomic mass is 9.68. The molecule has 6 heteroatoms. The van der Waals surface area contributed by atoms with Gasteiger partial charge in [-0.2, -0.15) is 0 Å². The highest BCUT2D eigenvalue weighted by Gasteiger charge is 2.51. The van der Waals surface area contributed by atoms with E-state index in [-0.39, 0.29) is 5.91 Å². The van der Waals surface area contributed by atoms with Gasteiger partial charge in [0.05, 0.1) is 0 Å². The summed E-state index contributed by atoms with van der Waals surface area (Å²) in [5.74, 6) is -1.80. The number of hydrogen-bond donors (Lipinski definition) is 3. The molecule has 1 aliphatic carbocycles. The van der Waals surface area contributed by atoms with Crippen LogP contribution in [0.1, 0.15) is 26.2 Å². The molecule has 0 aromatic heterocycles. The lowest BCUT2D eigenvalue weighted by molar-refractivity contribution is -0.159. The summed E-state index contributed by atoms with van der Waals surface area (Å²) in [6.07, 6.45) is 1.46. The van der Waals surface area contributed by atoms with Gasteiger partial charge in [0.2, 0.25) is 11.8 Å². The van der Waals surface area contributed by atoms with Crippen LogP contribution in [0.4, 0.5) is 11.4 Å². The van der Waals surface area contributed by atoms with Crippen LogP contribution < -0.4 is 10.6 Å². The number of carbonyl (C=O) groups is 3. The first-order valence-corrected chi connectivity index (χ1v) is 6.36. The number of carboxylic acid groups (broad SMARTS) is 1. The molecule has 6 nitrogen and oxygen atoms in total. The maximum atomic E-state index is 12.1. The van der Waals surface area contributed by atoms with E-state index in [2.05, 4.69) is 10.6 Å². The molecule has 2 amide bonds. The first-order chi connectivity index (χ1) is 9.44. The zero-order chi connectivity index (χ0) is 14.8. The third kappa shape index (κ3) is 2.64. The van der Waals surface area contributed by atoms with Crippen molar-refractivity contribution in [2.24, 2.45) is 5.41 Å². The SMILES string of the molecule is CC(=O)Nc1cccc(NC(=O)C2(C(=O)O)CCC2)c1. The van der Waals surface area contributed by atoms with Crippen LogP contribution in [-0.2, 0) is 14.4 Å². The van der Waals surface area contributed by atoms with Gasteiger partial charge < -0.3 is 15.7 Å². The molecule has 1 saturated carbocycles. The van der Waals surface area contributed by atoms with Crippen molar-refractivity contribution in [2.45, 2.75) is 26.2 Å². The minimum atomic E-state index is -1.30. The van der Waals surface area contributed by atoms with E-state index in [1.807, 2.05) is 0 Å². The summed E-state index contributed by atoms with van der Waals surface area (Å²) < 4.78 is 0. The molecule has 106 valence electrons. The summed E-state index contributed by atoms with van der Waals surface area (Å²) in [5, 5.41) is 14.4. The van der Waals surface area contributed by atoms with Gasteiger partial charge in [-0.1, -0.05) is 12.5 Å². The molecule has 0 atom stereocenters. The second-order valence-corrected chi connectivity index (χ2v) is 4.96. The first-order valence-electron chi connectivity index (χ1n) is 6.36. The number of hydrogen-bond acceptors (Lipinski definition) is 3. The molecule has 1 aromatic carbocycles. The van der Waals surface area contributed by atoms with Gasteiger partial charge in [0, 0.05) is 18.3 Å². The van der Waals surface area contributed by atoms with Crippen molar-refractivity contribution in [3.05, 3.63) is 24.3 Å². The molecule has 20 heavy (non-hydrogen) atoms. The van der Waals surface area contributed by atoms with Gasteiger partial charge in [0.15, 0.2) is 0 Å². The molecule has 1 aliphatic rings. The number of anilines is 2. The molecule has 0 bridgehead atoms. The molecule has 0 radical (unpaired) electrons. The zero-order valence-corrected chi connectivity index (χ0v) is 11.1. The van der Waals surface area contributed by atoms with Crippen molar-refractivity contribution in [1.29, 1.82) is 0 Å². The molecule has 0 aliphatic heterocycles. The topological polar surface area (TPSA) is 95.5 Å². The molecule has 0 spiro atoms. The predicted octanol–water partition coefficient (Wildman–Crippen LogP) is 1.84. The number of benzene rings is 1. The summed E-state index contributed by atoms with van der Waals surface area (Å²) in [6, 6.07) is 6.60. The molecule has 2 rings (SSSR count). The van der Waals surface area contributed by atoms with E-state index >= 15 is 0 Å². The molecule has 0 unspecified atom stereocenters. The fourth-order valence-electron chi connectivity index (χ4n) is 2.20. The van der Waals surface area contributed by atoms with Gasteiger partial charge in [-0.25, -0.2) is 0 Å². The van der Waals surface area contributed by atoms with E-state index in [4.69, 9.17) is 0 Å². The van der Waals surface area contributed by atoms with Crippen LogP contribution >= 0.6 is 0 Å². The van der Waals surface area contributed by atoms with E-state index in [0.29, 0.717) is 24.2 Å². The molecular weight excluding hydrogens is 260 g/mol. The van der Waals surface area contributed by atoms with Gasteiger partial charge in [-0.3, -0.25) is 14.4 Å². The molecule has 3 N–H and O–H groups in total. The third-order valence-corrected chi connectivity index (χ3v) is 3.49. The Bertz CT molecular complexity index is 564. The van der Waals surface area contributed by atoms with Crippen molar-refractivity contribution < 1.29 is 19.5 Å². The van der Waals surface area contributed by atoms with E-state index in [1.54, 1.807) is 24.3 Å².